The van der Waals surface area contributed by atoms with Gasteiger partial charge in [0.15, 0.2) is 5.82 Å². The highest BCUT2D eigenvalue weighted by Gasteiger charge is 2.32. The van der Waals surface area contributed by atoms with Crippen molar-refractivity contribution >= 4 is 5.95 Å². The van der Waals surface area contributed by atoms with E-state index in [-0.39, 0.29) is 12.5 Å². The zero-order valence-corrected chi connectivity index (χ0v) is 10.4. The maximum atomic E-state index is 12.5. The quantitative estimate of drug-likeness (QED) is 0.928. The van der Waals surface area contributed by atoms with Gasteiger partial charge in [0, 0.05) is 19.2 Å². The van der Waals surface area contributed by atoms with Crippen molar-refractivity contribution in [2.45, 2.75) is 32.1 Å². The first kappa shape index (κ1) is 12.8. The lowest BCUT2D eigenvalue weighted by atomic mass is 10.4. The highest BCUT2D eigenvalue weighted by atomic mass is 19.4. The van der Waals surface area contributed by atoms with Crippen molar-refractivity contribution in [2.75, 3.05) is 5.32 Å². The molecule has 0 fully saturated rings. The van der Waals surface area contributed by atoms with Crippen LogP contribution < -0.4 is 5.32 Å². The van der Waals surface area contributed by atoms with Gasteiger partial charge in [0.05, 0.1) is 6.54 Å². The first-order chi connectivity index (χ1) is 9.54. The van der Waals surface area contributed by atoms with Crippen molar-refractivity contribution in [2.24, 2.45) is 0 Å². The number of hydrogen-bond donors (Lipinski definition) is 1. The molecule has 0 saturated carbocycles. The monoisotopic (exact) mass is 284 g/mol. The number of anilines is 1. The maximum absolute atomic E-state index is 12.5. The van der Waals surface area contributed by atoms with Crippen molar-refractivity contribution in [1.82, 2.24) is 24.7 Å². The molecule has 0 saturated heterocycles. The lowest BCUT2D eigenvalue weighted by Crippen LogP contribution is -2.13. The van der Waals surface area contributed by atoms with E-state index >= 15 is 0 Å². The van der Waals surface area contributed by atoms with Gasteiger partial charge in [-0.1, -0.05) is 0 Å². The van der Waals surface area contributed by atoms with E-state index in [2.05, 4.69) is 25.5 Å². The topological polar surface area (TPSA) is 68.5 Å². The van der Waals surface area contributed by atoms with Gasteiger partial charge in [-0.05, 0) is 12.5 Å². The molecule has 0 radical (unpaired) electrons. The third-order valence-electron chi connectivity index (χ3n) is 3.04. The number of hydrogen-bond acceptors (Lipinski definition) is 5. The molecule has 106 valence electrons. The minimum absolute atomic E-state index is 0.0739. The third-order valence-corrected chi connectivity index (χ3v) is 3.04. The van der Waals surface area contributed by atoms with Crippen LogP contribution in [0.4, 0.5) is 19.1 Å². The summed E-state index contributed by atoms with van der Waals surface area (Å²) in [6, 6.07) is 0.833. The number of aryl methyl sites for hydroxylation is 1. The highest BCUT2D eigenvalue weighted by Crippen LogP contribution is 2.27. The molecule has 0 spiro atoms. The molecule has 0 bridgehead atoms. The van der Waals surface area contributed by atoms with E-state index in [1.807, 2.05) is 4.57 Å². The van der Waals surface area contributed by atoms with Gasteiger partial charge in [0.1, 0.15) is 11.5 Å². The van der Waals surface area contributed by atoms with Crippen molar-refractivity contribution in [3.8, 4) is 0 Å². The smallest absolute Gasteiger partial charge is 0.347 e. The molecule has 3 heterocycles. The van der Waals surface area contributed by atoms with Crippen LogP contribution in [0.15, 0.2) is 12.3 Å². The zero-order chi connectivity index (χ0) is 14.2. The molecule has 0 aromatic carbocycles. The number of nitrogens with zero attached hydrogens (tertiary/aromatic N) is 5. The Morgan fingerprint density at radius 2 is 2.15 bits per heavy atom. The third kappa shape index (κ3) is 2.43. The van der Waals surface area contributed by atoms with Crippen LogP contribution in [0.1, 0.15) is 23.8 Å². The van der Waals surface area contributed by atoms with Crippen molar-refractivity contribution in [1.29, 1.82) is 0 Å². The Labute approximate surface area is 112 Å². The Bertz CT molecular complexity index is 621. The summed E-state index contributed by atoms with van der Waals surface area (Å²) in [6.07, 6.45) is -1.51. The summed E-state index contributed by atoms with van der Waals surface area (Å²) in [5, 5.41) is 10.8. The fourth-order valence-electron chi connectivity index (χ4n) is 2.10. The maximum Gasteiger partial charge on any atom is 0.433 e. The summed E-state index contributed by atoms with van der Waals surface area (Å²) in [5.74, 6) is 1.51. The Balaban J connectivity index is 1.72. The van der Waals surface area contributed by atoms with Crippen molar-refractivity contribution in [3.05, 3.63) is 29.6 Å². The van der Waals surface area contributed by atoms with E-state index in [1.54, 1.807) is 0 Å². The highest BCUT2D eigenvalue weighted by molar-refractivity contribution is 5.26. The molecule has 0 aliphatic carbocycles. The summed E-state index contributed by atoms with van der Waals surface area (Å²) in [5.41, 5.74) is -0.971. The summed E-state index contributed by atoms with van der Waals surface area (Å²) in [7, 11) is 0. The van der Waals surface area contributed by atoms with Gasteiger partial charge < -0.3 is 9.88 Å². The van der Waals surface area contributed by atoms with Gasteiger partial charge in [0.2, 0.25) is 5.95 Å². The fourth-order valence-corrected chi connectivity index (χ4v) is 2.10. The van der Waals surface area contributed by atoms with Crippen LogP contribution in [-0.4, -0.2) is 24.7 Å². The van der Waals surface area contributed by atoms with Crippen LogP contribution in [0.2, 0.25) is 0 Å². The van der Waals surface area contributed by atoms with E-state index in [0.717, 1.165) is 37.5 Å². The SMILES string of the molecule is FC(F)(F)c1ccnc(NCc2nnc3n2CCC3)n1. The average Bonchev–Trinajstić information content (AvgIpc) is 2.99. The molecule has 3 rings (SSSR count). The molecule has 9 heteroatoms. The van der Waals surface area contributed by atoms with Gasteiger partial charge in [-0.25, -0.2) is 9.97 Å². The second-order valence-electron chi connectivity index (χ2n) is 4.40. The Morgan fingerprint density at radius 3 is 2.95 bits per heavy atom. The normalized spacial score (nSPS) is 14.3. The van der Waals surface area contributed by atoms with E-state index in [0.29, 0.717) is 5.82 Å². The van der Waals surface area contributed by atoms with Gasteiger partial charge in [-0.2, -0.15) is 13.2 Å². The minimum atomic E-state index is -4.48. The predicted octanol–water partition coefficient (Wildman–Crippen LogP) is 1.65. The van der Waals surface area contributed by atoms with Crippen LogP contribution in [0.3, 0.4) is 0 Å². The molecule has 0 amide bonds. The number of alkyl halides is 3. The molecule has 0 atom stereocenters. The van der Waals surface area contributed by atoms with E-state index in [1.165, 1.54) is 0 Å². The number of halogens is 3. The Hall–Kier alpha value is -2.19. The molecule has 2 aromatic heterocycles. The molecule has 1 N–H and O–H groups in total. The summed E-state index contributed by atoms with van der Waals surface area (Å²) in [6.45, 7) is 1.08. The molecule has 1 aliphatic heterocycles. The van der Waals surface area contributed by atoms with Crippen LogP contribution in [0, 0.1) is 0 Å². The minimum Gasteiger partial charge on any atom is -0.347 e. The second kappa shape index (κ2) is 4.73. The molecular weight excluding hydrogens is 273 g/mol. The molecule has 0 unspecified atom stereocenters. The van der Waals surface area contributed by atoms with E-state index in [4.69, 9.17) is 0 Å². The molecule has 6 nitrogen and oxygen atoms in total. The van der Waals surface area contributed by atoms with E-state index in [9.17, 15) is 13.2 Å². The Morgan fingerprint density at radius 1 is 1.30 bits per heavy atom. The fraction of sp³-hybridized carbons (Fsp3) is 0.455. The van der Waals surface area contributed by atoms with Crippen LogP contribution in [0.25, 0.3) is 0 Å². The molecule has 2 aromatic rings. The van der Waals surface area contributed by atoms with Crippen molar-refractivity contribution in [3.63, 3.8) is 0 Å². The number of aromatic nitrogens is 5. The van der Waals surface area contributed by atoms with Crippen LogP contribution in [0.5, 0.6) is 0 Å². The Kier molecular flexibility index (Phi) is 3.03. The summed E-state index contributed by atoms with van der Waals surface area (Å²) >= 11 is 0. The number of fused-ring (bicyclic) bond motifs is 1. The standard InChI is InChI=1S/C11H11F3N6/c12-11(13,14)7-3-4-15-10(17-7)16-6-9-19-18-8-2-1-5-20(8)9/h3-4H,1-2,5-6H2,(H,15,16,17). The molecule has 1 aliphatic rings. The van der Waals surface area contributed by atoms with Gasteiger partial charge >= 0.3 is 6.18 Å². The number of nitrogens with one attached hydrogen (secondary N) is 1. The predicted molar refractivity (Wildman–Crippen MR) is 62.7 cm³/mol. The van der Waals surface area contributed by atoms with Crippen LogP contribution in [-0.2, 0) is 25.7 Å². The average molecular weight is 284 g/mol. The first-order valence-electron chi connectivity index (χ1n) is 6.09. The second-order valence-corrected chi connectivity index (χ2v) is 4.40. The van der Waals surface area contributed by atoms with Crippen LogP contribution >= 0.6 is 0 Å². The number of rotatable bonds is 3. The van der Waals surface area contributed by atoms with Gasteiger partial charge in [0.25, 0.3) is 0 Å². The lowest BCUT2D eigenvalue weighted by Gasteiger charge is -2.08. The largest absolute Gasteiger partial charge is 0.433 e. The molecule has 20 heavy (non-hydrogen) atoms. The molecular formula is C11H11F3N6. The lowest BCUT2D eigenvalue weighted by molar-refractivity contribution is -0.141. The summed E-state index contributed by atoms with van der Waals surface area (Å²) in [4.78, 5) is 7.20. The van der Waals surface area contributed by atoms with Gasteiger partial charge in [-0.15, -0.1) is 10.2 Å². The van der Waals surface area contributed by atoms with Crippen molar-refractivity contribution < 1.29 is 13.2 Å². The summed E-state index contributed by atoms with van der Waals surface area (Å²) < 4.78 is 39.5. The van der Waals surface area contributed by atoms with Gasteiger partial charge in [-0.3, -0.25) is 0 Å². The first-order valence-corrected chi connectivity index (χ1v) is 6.09. The van der Waals surface area contributed by atoms with E-state index < -0.39 is 11.9 Å². The zero-order valence-electron chi connectivity index (χ0n) is 10.4.